The van der Waals surface area contributed by atoms with E-state index in [1.165, 1.54) is 18.2 Å². The van der Waals surface area contributed by atoms with Gasteiger partial charge in [0.15, 0.2) is 6.61 Å². The van der Waals surface area contributed by atoms with Gasteiger partial charge in [-0.15, -0.1) is 0 Å². The molecule has 0 bridgehead atoms. The first kappa shape index (κ1) is 19.6. The third kappa shape index (κ3) is 5.98. The number of benzene rings is 2. The van der Waals surface area contributed by atoms with Gasteiger partial charge < -0.3 is 15.0 Å². The highest BCUT2D eigenvalue weighted by Gasteiger charge is 2.34. The second-order valence-electron chi connectivity index (χ2n) is 5.74. The van der Waals surface area contributed by atoms with Crippen molar-refractivity contribution in [2.75, 3.05) is 31.6 Å². The minimum Gasteiger partial charge on any atom is -0.483 e. The van der Waals surface area contributed by atoms with Crippen molar-refractivity contribution in [2.45, 2.75) is 12.6 Å². The number of ether oxygens (including phenoxy) is 1. The summed E-state index contributed by atoms with van der Waals surface area (Å²) in [5.74, 6) is -0.802. The van der Waals surface area contributed by atoms with E-state index in [1.807, 2.05) is 37.4 Å². The predicted octanol–water partition coefficient (Wildman–Crippen LogP) is 3.73. The molecular weight excluding hydrogens is 345 g/mol. The number of anilines is 1. The Balaban J connectivity index is 1.72. The van der Waals surface area contributed by atoms with Crippen LogP contribution in [0.15, 0.2) is 54.6 Å². The minimum atomic E-state index is -4.52. The molecule has 0 aliphatic heterocycles. The first-order valence-corrected chi connectivity index (χ1v) is 8.20. The number of para-hydroxylation sites is 2. The monoisotopic (exact) mass is 366 g/mol. The zero-order chi connectivity index (χ0) is 19.0. The highest BCUT2D eigenvalue weighted by Crippen LogP contribution is 2.35. The molecule has 0 saturated heterocycles. The molecule has 0 heterocycles. The standard InChI is InChI=1S/C19H21F3N2O2/c1-24(15-8-3-2-4-9-15)13-7-12-23-18(25)14-26-17-11-6-5-10-16(17)19(20,21)22/h2-6,8-11H,7,12-14H2,1H3,(H,23,25). The van der Waals surface area contributed by atoms with E-state index in [-0.39, 0.29) is 5.75 Å². The van der Waals surface area contributed by atoms with Gasteiger partial charge in [0.05, 0.1) is 5.56 Å². The average Bonchev–Trinajstić information content (AvgIpc) is 2.63. The topological polar surface area (TPSA) is 41.6 Å². The Morgan fingerprint density at radius 2 is 1.73 bits per heavy atom. The second kappa shape index (κ2) is 9.12. The lowest BCUT2D eigenvalue weighted by atomic mass is 10.2. The number of carbonyl (C=O) groups excluding carboxylic acids is 1. The van der Waals surface area contributed by atoms with Gasteiger partial charge in [-0.3, -0.25) is 4.79 Å². The van der Waals surface area contributed by atoms with Gasteiger partial charge in [0.25, 0.3) is 5.91 Å². The number of amides is 1. The highest BCUT2D eigenvalue weighted by atomic mass is 19.4. The molecule has 0 spiro atoms. The second-order valence-corrected chi connectivity index (χ2v) is 5.74. The van der Waals surface area contributed by atoms with E-state index in [9.17, 15) is 18.0 Å². The van der Waals surface area contributed by atoms with Crippen molar-refractivity contribution in [1.82, 2.24) is 5.32 Å². The van der Waals surface area contributed by atoms with Gasteiger partial charge in [-0.05, 0) is 30.7 Å². The molecule has 0 aromatic heterocycles. The molecular formula is C19H21F3N2O2. The van der Waals surface area contributed by atoms with Crippen molar-refractivity contribution in [3.63, 3.8) is 0 Å². The van der Waals surface area contributed by atoms with Crippen LogP contribution in [0.1, 0.15) is 12.0 Å². The molecule has 2 aromatic carbocycles. The summed E-state index contributed by atoms with van der Waals surface area (Å²) >= 11 is 0. The van der Waals surface area contributed by atoms with E-state index in [0.717, 1.165) is 18.3 Å². The Bertz CT molecular complexity index is 705. The Labute approximate surface area is 150 Å². The van der Waals surface area contributed by atoms with Gasteiger partial charge in [0.1, 0.15) is 5.75 Å². The number of alkyl halides is 3. The maximum Gasteiger partial charge on any atom is 0.419 e. The maximum atomic E-state index is 12.9. The van der Waals surface area contributed by atoms with Gasteiger partial charge in [0.2, 0.25) is 0 Å². The zero-order valence-corrected chi connectivity index (χ0v) is 14.4. The normalized spacial score (nSPS) is 11.1. The summed E-state index contributed by atoms with van der Waals surface area (Å²) in [6.45, 7) is 0.698. The average molecular weight is 366 g/mol. The van der Waals surface area contributed by atoms with E-state index in [4.69, 9.17) is 4.74 Å². The Hall–Kier alpha value is -2.70. The summed E-state index contributed by atoms with van der Waals surface area (Å²) in [5, 5.41) is 2.65. The van der Waals surface area contributed by atoms with Crippen LogP contribution in [-0.4, -0.2) is 32.7 Å². The SMILES string of the molecule is CN(CCCNC(=O)COc1ccccc1C(F)(F)F)c1ccccc1. The molecule has 0 atom stereocenters. The number of rotatable bonds is 8. The number of carbonyl (C=O) groups is 1. The number of nitrogens with zero attached hydrogens (tertiary/aromatic N) is 1. The molecule has 2 aromatic rings. The van der Waals surface area contributed by atoms with Crippen LogP contribution in [0.25, 0.3) is 0 Å². The van der Waals surface area contributed by atoms with Gasteiger partial charge in [0, 0.05) is 25.8 Å². The number of nitrogens with one attached hydrogen (secondary N) is 1. The molecule has 26 heavy (non-hydrogen) atoms. The third-order valence-electron chi connectivity index (χ3n) is 3.74. The van der Waals surface area contributed by atoms with Crippen molar-refractivity contribution in [3.05, 3.63) is 60.2 Å². The summed E-state index contributed by atoms with van der Waals surface area (Å²) in [4.78, 5) is 13.8. The van der Waals surface area contributed by atoms with Crippen LogP contribution >= 0.6 is 0 Å². The molecule has 140 valence electrons. The molecule has 2 rings (SSSR count). The van der Waals surface area contributed by atoms with Crippen LogP contribution in [0.5, 0.6) is 5.75 Å². The molecule has 0 radical (unpaired) electrons. The van der Waals surface area contributed by atoms with E-state index < -0.39 is 24.3 Å². The molecule has 1 N–H and O–H groups in total. The molecule has 7 heteroatoms. The number of halogens is 3. The van der Waals surface area contributed by atoms with Crippen LogP contribution in [-0.2, 0) is 11.0 Å². The summed E-state index contributed by atoms with van der Waals surface area (Å²) < 4.78 is 43.6. The van der Waals surface area contributed by atoms with Gasteiger partial charge >= 0.3 is 6.18 Å². The van der Waals surface area contributed by atoms with E-state index >= 15 is 0 Å². The van der Waals surface area contributed by atoms with Crippen molar-refractivity contribution < 1.29 is 22.7 Å². The molecule has 0 aliphatic rings. The zero-order valence-electron chi connectivity index (χ0n) is 14.4. The summed E-state index contributed by atoms with van der Waals surface area (Å²) in [6.07, 6.45) is -3.81. The fourth-order valence-electron chi connectivity index (χ4n) is 2.38. The van der Waals surface area contributed by atoms with Crippen molar-refractivity contribution in [1.29, 1.82) is 0 Å². The minimum absolute atomic E-state index is 0.348. The quantitative estimate of drug-likeness (QED) is 0.724. The summed E-state index contributed by atoms with van der Waals surface area (Å²) in [6, 6.07) is 14.6. The Morgan fingerprint density at radius 3 is 2.42 bits per heavy atom. The Morgan fingerprint density at radius 1 is 1.08 bits per heavy atom. The maximum absolute atomic E-state index is 12.9. The van der Waals surface area contributed by atoms with E-state index in [1.54, 1.807) is 0 Å². The van der Waals surface area contributed by atoms with Crippen LogP contribution in [0.4, 0.5) is 18.9 Å². The predicted molar refractivity (Wildman–Crippen MR) is 94.3 cm³/mol. The van der Waals surface area contributed by atoms with Crippen LogP contribution < -0.4 is 15.0 Å². The van der Waals surface area contributed by atoms with Crippen LogP contribution in [0, 0.1) is 0 Å². The summed E-state index contributed by atoms with van der Waals surface area (Å²) in [7, 11) is 1.95. The molecule has 1 amide bonds. The van der Waals surface area contributed by atoms with Crippen LogP contribution in [0.2, 0.25) is 0 Å². The van der Waals surface area contributed by atoms with Crippen molar-refractivity contribution >= 4 is 11.6 Å². The van der Waals surface area contributed by atoms with E-state index in [2.05, 4.69) is 10.2 Å². The third-order valence-corrected chi connectivity index (χ3v) is 3.74. The molecule has 0 fully saturated rings. The smallest absolute Gasteiger partial charge is 0.419 e. The molecule has 0 aliphatic carbocycles. The largest absolute Gasteiger partial charge is 0.483 e. The first-order chi connectivity index (χ1) is 12.4. The fraction of sp³-hybridized carbons (Fsp3) is 0.316. The first-order valence-electron chi connectivity index (χ1n) is 8.20. The van der Waals surface area contributed by atoms with Gasteiger partial charge in [-0.2, -0.15) is 13.2 Å². The highest BCUT2D eigenvalue weighted by molar-refractivity contribution is 5.77. The Kier molecular flexibility index (Phi) is 6.89. The molecule has 0 unspecified atom stereocenters. The lowest BCUT2D eigenvalue weighted by molar-refractivity contribution is -0.139. The van der Waals surface area contributed by atoms with Crippen molar-refractivity contribution in [2.24, 2.45) is 0 Å². The molecule has 4 nitrogen and oxygen atoms in total. The lowest BCUT2D eigenvalue weighted by Gasteiger charge is -2.19. The number of hydrogen-bond acceptors (Lipinski definition) is 3. The van der Waals surface area contributed by atoms with Crippen molar-refractivity contribution in [3.8, 4) is 5.75 Å². The number of hydrogen-bond donors (Lipinski definition) is 1. The van der Waals surface area contributed by atoms with Gasteiger partial charge in [-0.25, -0.2) is 0 Å². The fourth-order valence-corrected chi connectivity index (χ4v) is 2.38. The summed E-state index contributed by atoms with van der Waals surface area (Å²) in [5.41, 5.74) is 0.184. The van der Waals surface area contributed by atoms with E-state index in [0.29, 0.717) is 13.0 Å². The molecule has 0 saturated carbocycles. The van der Waals surface area contributed by atoms with Crippen LogP contribution in [0.3, 0.4) is 0 Å². The van der Waals surface area contributed by atoms with Gasteiger partial charge in [-0.1, -0.05) is 30.3 Å². The lowest BCUT2D eigenvalue weighted by Crippen LogP contribution is -2.32.